The maximum Gasteiger partial charge on any atom is 0.123 e. The molecule has 1 unspecified atom stereocenters. The largest absolute Gasteiger partial charge is 0.507 e. The topological polar surface area (TPSA) is 32.3 Å². The first-order chi connectivity index (χ1) is 7.57. The van der Waals surface area contributed by atoms with Gasteiger partial charge in [-0.25, -0.2) is 0 Å². The first-order valence-corrected chi connectivity index (χ1v) is 6.98. The van der Waals surface area contributed by atoms with Crippen molar-refractivity contribution in [1.82, 2.24) is 5.32 Å². The van der Waals surface area contributed by atoms with Gasteiger partial charge in [-0.3, -0.25) is 0 Å². The summed E-state index contributed by atoms with van der Waals surface area (Å²) in [6, 6.07) is 4.28. The van der Waals surface area contributed by atoms with Gasteiger partial charge in [0, 0.05) is 23.9 Å². The molecule has 0 aromatic heterocycles. The van der Waals surface area contributed by atoms with Gasteiger partial charge >= 0.3 is 0 Å². The Hall–Kier alpha value is -0.670. The first kappa shape index (κ1) is 13.4. The third kappa shape index (κ3) is 3.16. The summed E-state index contributed by atoms with van der Waals surface area (Å²) in [4.78, 5) is 0. The molecule has 0 bridgehead atoms. The second kappa shape index (κ2) is 6.16. The molecule has 1 atom stereocenters. The van der Waals surface area contributed by atoms with Gasteiger partial charge in [-0.05, 0) is 38.2 Å². The van der Waals surface area contributed by atoms with E-state index in [4.69, 9.17) is 0 Å². The fourth-order valence-electron chi connectivity index (χ4n) is 1.66. The van der Waals surface area contributed by atoms with Gasteiger partial charge in [-0.2, -0.15) is 11.8 Å². The van der Waals surface area contributed by atoms with Gasteiger partial charge in [0.05, 0.1) is 0 Å². The first-order valence-electron chi connectivity index (χ1n) is 5.59. The van der Waals surface area contributed by atoms with Crippen LogP contribution >= 0.6 is 11.8 Å². The Balaban J connectivity index is 2.76. The van der Waals surface area contributed by atoms with Crippen LogP contribution in [-0.4, -0.2) is 23.7 Å². The second-order valence-corrected chi connectivity index (χ2v) is 5.10. The molecule has 90 valence electrons. The summed E-state index contributed by atoms with van der Waals surface area (Å²) in [5.41, 5.74) is 3.11. The maximum atomic E-state index is 10.1. The van der Waals surface area contributed by atoms with Crippen LogP contribution in [0.5, 0.6) is 5.75 Å². The van der Waals surface area contributed by atoms with E-state index in [2.05, 4.69) is 24.6 Å². The summed E-state index contributed by atoms with van der Waals surface area (Å²) in [7, 11) is 0. The van der Waals surface area contributed by atoms with Crippen molar-refractivity contribution in [3.8, 4) is 5.75 Å². The molecule has 3 heteroatoms. The fourth-order valence-corrected chi connectivity index (χ4v) is 1.98. The molecule has 0 radical (unpaired) electrons. The van der Waals surface area contributed by atoms with Gasteiger partial charge < -0.3 is 10.4 Å². The van der Waals surface area contributed by atoms with Crippen molar-refractivity contribution in [2.45, 2.75) is 26.8 Å². The van der Waals surface area contributed by atoms with E-state index < -0.39 is 0 Å². The van der Waals surface area contributed by atoms with Crippen molar-refractivity contribution in [2.75, 3.05) is 18.6 Å². The van der Waals surface area contributed by atoms with Crippen LogP contribution in [0.3, 0.4) is 0 Å². The molecule has 0 aliphatic rings. The number of phenolic OH excluding ortho intramolecular Hbond substituents is 1. The molecule has 2 N–H and O–H groups in total. The van der Waals surface area contributed by atoms with Crippen molar-refractivity contribution < 1.29 is 5.11 Å². The van der Waals surface area contributed by atoms with E-state index in [-0.39, 0.29) is 6.04 Å². The number of nitrogens with one attached hydrogen (secondary N) is 1. The third-order valence-electron chi connectivity index (χ3n) is 2.96. The quantitative estimate of drug-likeness (QED) is 0.775. The highest BCUT2D eigenvalue weighted by molar-refractivity contribution is 7.98. The average molecular weight is 239 g/mol. The van der Waals surface area contributed by atoms with E-state index in [1.807, 2.05) is 31.7 Å². The number of hydrogen-bond donors (Lipinski definition) is 2. The average Bonchev–Trinajstić information content (AvgIpc) is 2.26. The minimum absolute atomic E-state index is 0.200. The molecular weight excluding hydrogens is 218 g/mol. The van der Waals surface area contributed by atoms with E-state index >= 15 is 0 Å². The fraction of sp³-hybridized carbons (Fsp3) is 0.538. The third-order valence-corrected chi connectivity index (χ3v) is 3.57. The van der Waals surface area contributed by atoms with Crippen LogP contribution in [-0.2, 0) is 0 Å². The molecule has 0 saturated carbocycles. The number of hydrogen-bond acceptors (Lipinski definition) is 3. The van der Waals surface area contributed by atoms with Crippen molar-refractivity contribution in [1.29, 1.82) is 0 Å². The molecule has 0 spiro atoms. The Morgan fingerprint density at radius 3 is 2.69 bits per heavy atom. The lowest BCUT2D eigenvalue weighted by Gasteiger charge is -2.17. The number of aromatic hydroxyl groups is 1. The van der Waals surface area contributed by atoms with Gasteiger partial charge in [-0.1, -0.05) is 12.1 Å². The highest BCUT2D eigenvalue weighted by Gasteiger charge is 2.12. The summed E-state index contributed by atoms with van der Waals surface area (Å²) in [5, 5.41) is 13.5. The standard InChI is InChI=1S/C13H21NOS/c1-9-5-6-12(13(15)10(9)2)11(3)14-7-8-16-4/h5-6,11,14-15H,7-8H2,1-4H3. The Morgan fingerprint density at radius 2 is 2.06 bits per heavy atom. The Labute approximate surface area is 102 Å². The minimum atomic E-state index is 0.200. The molecule has 0 heterocycles. The van der Waals surface area contributed by atoms with Crippen LogP contribution in [0.25, 0.3) is 0 Å². The lowest BCUT2D eigenvalue weighted by atomic mass is 10.00. The predicted molar refractivity (Wildman–Crippen MR) is 72.4 cm³/mol. The number of benzene rings is 1. The second-order valence-electron chi connectivity index (χ2n) is 4.11. The van der Waals surface area contributed by atoms with E-state index in [1.54, 1.807) is 0 Å². The lowest BCUT2D eigenvalue weighted by molar-refractivity contribution is 0.450. The SMILES string of the molecule is CSCCNC(C)c1ccc(C)c(C)c1O. The van der Waals surface area contributed by atoms with Crippen LogP contribution in [0.1, 0.15) is 29.7 Å². The van der Waals surface area contributed by atoms with Crippen molar-refractivity contribution in [3.63, 3.8) is 0 Å². The number of aryl methyl sites for hydroxylation is 1. The normalized spacial score (nSPS) is 12.8. The zero-order valence-electron chi connectivity index (χ0n) is 10.5. The minimum Gasteiger partial charge on any atom is -0.507 e. The molecule has 0 fully saturated rings. The highest BCUT2D eigenvalue weighted by atomic mass is 32.2. The van der Waals surface area contributed by atoms with Gasteiger partial charge in [0.15, 0.2) is 0 Å². The Morgan fingerprint density at radius 1 is 1.38 bits per heavy atom. The summed E-state index contributed by atoms with van der Waals surface area (Å²) in [5.74, 6) is 1.53. The zero-order valence-corrected chi connectivity index (χ0v) is 11.3. The number of thioether (sulfide) groups is 1. The molecule has 16 heavy (non-hydrogen) atoms. The number of rotatable bonds is 5. The molecule has 0 saturated heterocycles. The lowest BCUT2D eigenvalue weighted by Crippen LogP contribution is -2.21. The van der Waals surface area contributed by atoms with E-state index in [9.17, 15) is 5.11 Å². The van der Waals surface area contributed by atoms with E-state index in [0.717, 1.165) is 29.0 Å². The maximum absolute atomic E-state index is 10.1. The molecule has 1 aromatic carbocycles. The predicted octanol–water partition coefficient (Wildman–Crippen LogP) is 3.02. The molecule has 2 nitrogen and oxygen atoms in total. The monoisotopic (exact) mass is 239 g/mol. The van der Waals surface area contributed by atoms with E-state index in [0.29, 0.717) is 5.75 Å². The van der Waals surface area contributed by atoms with Crippen molar-refractivity contribution in [2.24, 2.45) is 0 Å². The Kier molecular flexibility index (Phi) is 5.16. The van der Waals surface area contributed by atoms with Crippen LogP contribution in [0, 0.1) is 13.8 Å². The highest BCUT2D eigenvalue weighted by Crippen LogP contribution is 2.29. The van der Waals surface area contributed by atoms with Gasteiger partial charge in [-0.15, -0.1) is 0 Å². The van der Waals surface area contributed by atoms with Crippen molar-refractivity contribution >= 4 is 11.8 Å². The van der Waals surface area contributed by atoms with Crippen LogP contribution in [0.2, 0.25) is 0 Å². The smallest absolute Gasteiger partial charge is 0.123 e. The van der Waals surface area contributed by atoms with Gasteiger partial charge in [0.2, 0.25) is 0 Å². The molecule has 0 aliphatic heterocycles. The number of phenols is 1. The zero-order chi connectivity index (χ0) is 12.1. The summed E-state index contributed by atoms with van der Waals surface area (Å²) < 4.78 is 0. The van der Waals surface area contributed by atoms with Gasteiger partial charge in [0.25, 0.3) is 0 Å². The Bertz CT molecular complexity index is 352. The molecule has 0 aliphatic carbocycles. The molecule has 1 aromatic rings. The molecule has 1 rings (SSSR count). The van der Waals surface area contributed by atoms with Crippen LogP contribution in [0.15, 0.2) is 12.1 Å². The van der Waals surface area contributed by atoms with E-state index in [1.165, 1.54) is 0 Å². The van der Waals surface area contributed by atoms with Gasteiger partial charge in [0.1, 0.15) is 5.75 Å². The summed E-state index contributed by atoms with van der Waals surface area (Å²) >= 11 is 1.82. The summed E-state index contributed by atoms with van der Waals surface area (Å²) in [6.07, 6.45) is 2.10. The summed E-state index contributed by atoms with van der Waals surface area (Å²) in [6.45, 7) is 7.03. The van der Waals surface area contributed by atoms with Crippen LogP contribution in [0.4, 0.5) is 0 Å². The van der Waals surface area contributed by atoms with Crippen LogP contribution < -0.4 is 5.32 Å². The van der Waals surface area contributed by atoms with Crippen molar-refractivity contribution in [3.05, 3.63) is 28.8 Å². The molecule has 0 amide bonds. The molecular formula is C13H21NOS.